The molecule has 0 radical (unpaired) electrons. The van der Waals surface area contributed by atoms with Gasteiger partial charge in [-0.2, -0.15) is 5.10 Å². The van der Waals surface area contributed by atoms with Crippen molar-refractivity contribution in [3.05, 3.63) is 47.9 Å². The molecule has 0 bridgehead atoms. The van der Waals surface area contributed by atoms with Crippen molar-refractivity contribution in [1.29, 1.82) is 0 Å². The van der Waals surface area contributed by atoms with Crippen molar-refractivity contribution in [3.8, 4) is 11.3 Å². The molecule has 0 saturated heterocycles. The average molecular weight is 332 g/mol. The van der Waals surface area contributed by atoms with Gasteiger partial charge in [-0.1, -0.05) is 17.3 Å². The lowest BCUT2D eigenvalue weighted by Gasteiger charge is -2.06. The summed E-state index contributed by atoms with van der Waals surface area (Å²) < 4.78 is 28.6. The molecule has 2 heterocycles. The van der Waals surface area contributed by atoms with Crippen molar-refractivity contribution in [2.24, 2.45) is 14.1 Å². The summed E-state index contributed by atoms with van der Waals surface area (Å²) >= 11 is 0. The zero-order valence-electron chi connectivity index (χ0n) is 12.9. The molecule has 0 aliphatic carbocycles. The Morgan fingerprint density at radius 2 is 1.92 bits per heavy atom. The number of anilines is 1. The molecular formula is C15H14F2N6O. The highest BCUT2D eigenvalue weighted by Crippen LogP contribution is 2.26. The zero-order chi connectivity index (χ0) is 17.3. The van der Waals surface area contributed by atoms with Crippen molar-refractivity contribution in [2.75, 3.05) is 5.32 Å². The minimum atomic E-state index is -2.76. The summed E-state index contributed by atoms with van der Waals surface area (Å²) in [4.78, 5) is 12.2. The van der Waals surface area contributed by atoms with E-state index in [9.17, 15) is 13.6 Å². The SMILES string of the molecule is Cn1cc(NC(=O)c2ccc(-c3cnnn3C)cc2)c(C(F)F)n1. The van der Waals surface area contributed by atoms with Crippen molar-refractivity contribution in [3.63, 3.8) is 0 Å². The second-order valence-electron chi connectivity index (χ2n) is 5.18. The van der Waals surface area contributed by atoms with Crippen LogP contribution in [0.1, 0.15) is 22.5 Å². The van der Waals surface area contributed by atoms with Crippen LogP contribution in [0, 0.1) is 0 Å². The maximum atomic E-state index is 12.9. The highest BCUT2D eigenvalue weighted by atomic mass is 19.3. The molecule has 0 aliphatic heterocycles. The van der Waals surface area contributed by atoms with Crippen LogP contribution in [0.2, 0.25) is 0 Å². The third-order valence-corrected chi connectivity index (χ3v) is 3.47. The Morgan fingerprint density at radius 3 is 2.50 bits per heavy atom. The van der Waals surface area contributed by atoms with E-state index >= 15 is 0 Å². The Labute approximate surface area is 135 Å². The molecule has 0 aliphatic rings. The molecular weight excluding hydrogens is 318 g/mol. The molecule has 0 unspecified atom stereocenters. The van der Waals surface area contributed by atoms with Crippen LogP contribution < -0.4 is 5.32 Å². The van der Waals surface area contributed by atoms with Crippen LogP contribution in [0.4, 0.5) is 14.5 Å². The van der Waals surface area contributed by atoms with Gasteiger partial charge in [-0.15, -0.1) is 5.10 Å². The fraction of sp³-hybridized carbons (Fsp3) is 0.200. The summed E-state index contributed by atoms with van der Waals surface area (Å²) in [5.41, 5.74) is 1.53. The van der Waals surface area contributed by atoms with Crippen molar-refractivity contribution < 1.29 is 13.6 Å². The van der Waals surface area contributed by atoms with Crippen LogP contribution in [0.15, 0.2) is 36.7 Å². The number of carbonyl (C=O) groups is 1. The van der Waals surface area contributed by atoms with E-state index in [0.717, 1.165) is 11.3 Å². The molecule has 0 fully saturated rings. The molecule has 1 aromatic carbocycles. The third-order valence-electron chi connectivity index (χ3n) is 3.47. The first-order valence-corrected chi connectivity index (χ1v) is 7.04. The molecule has 3 aromatic rings. The van der Waals surface area contributed by atoms with Crippen molar-refractivity contribution in [1.82, 2.24) is 24.8 Å². The fourth-order valence-electron chi connectivity index (χ4n) is 2.30. The van der Waals surface area contributed by atoms with Gasteiger partial charge in [-0.05, 0) is 12.1 Å². The van der Waals surface area contributed by atoms with Crippen LogP contribution >= 0.6 is 0 Å². The second-order valence-corrected chi connectivity index (χ2v) is 5.18. The first kappa shape index (κ1) is 15.8. The van der Waals surface area contributed by atoms with E-state index in [-0.39, 0.29) is 5.69 Å². The summed E-state index contributed by atoms with van der Waals surface area (Å²) in [6.45, 7) is 0. The van der Waals surface area contributed by atoms with Gasteiger partial charge in [0.2, 0.25) is 0 Å². The van der Waals surface area contributed by atoms with Gasteiger partial charge in [0.15, 0.2) is 5.69 Å². The predicted molar refractivity (Wildman–Crippen MR) is 82.6 cm³/mol. The van der Waals surface area contributed by atoms with E-state index in [2.05, 4.69) is 20.7 Å². The molecule has 0 atom stereocenters. The molecule has 0 spiro atoms. The molecule has 0 saturated carbocycles. The topological polar surface area (TPSA) is 77.6 Å². The molecule has 1 amide bonds. The summed E-state index contributed by atoms with van der Waals surface area (Å²) in [6.07, 6.45) is 0.190. The van der Waals surface area contributed by atoms with Gasteiger partial charge >= 0.3 is 0 Å². The number of aryl methyl sites for hydroxylation is 2. The first-order chi connectivity index (χ1) is 11.5. The number of carbonyl (C=O) groups excluding carboxylic acids is 1. The van der Waals surface area contributed by atoms with E-state index in [4.69, 9.17) is 0 Å². The van der Waals surface area contributed by atoms with Gasteiger partial charge in [0.25, 0.3) is 12.3 Å². The summed E-state index contributed by atoms with van der Waals surface area (Å²) in [5.74, 6) is -0.486. The fourth-order valence-corrected chi connectivity index (χ4v) is 2.30. The number of nitrogens with zero attached hydrogens (tertiary/aromatic N) is 5. The van der Waals surface area contributed by atoms with Gasteiger partial charge < -0.3 is 5.32 Å². The molecule has 2 aromatic heterocycles. The quantitative estimate of drug-likeness (QED) is 0.796. The number of amides is 1. The lowest BCUT2D eigenvalue weighted by atomic mass is 10.1. The van der Waals surface area contributed by atoms with Crippen LogP contribution in [-0.4, -0.2) is 30.7 Å². The molecule has 1 N–H and O–H groups in total. The maximum Gasteiger partial charge on any atom is 0.284 e. The summed E-state index contributed by atoms with van der Waals surface area (Å²) in [6, 6.07) is 6.70. The number of hydrogen-bond donors (Lipinski definition) is 1. The van der Waals surface area contributed by atoms with Gasteiger partial charge in [-0.3, -0.25) is 9.48 Å². The summed E-state index contributed by atoms with van der Waals surface area (Å²) in [5, 5.41) is 13.7. The predicted octanol–water partition coefficient (Wildman–Crippen LogP) is 2.41. The molecule has 24 heavy (non-hydrogen) atoms. The minimum Gasteiger partial charge on any atom is -0.319 e. The van der Waals surface area contributed by atoms with E-state index in [1.54, 1.807) is 42.2 Å². The van der Waals surface area contributed by atoms with Gasteiger partial charge in [-0.25, -0.2) is 13.5 Å². The first-order valence-electron chi connectivity index (χ1n) is 7.04. The number of alkyl halides is 2. The Morgan fingerprint density at radius 1 is 1.21 bits per heavy atom. The van der Waals surface area contributed by atoms with Gasteiger partial charge in [0.05, 0.1) is 17.6 Å². The van der Waals surface area contributed by atoms with E-state index in [1.807, 2.05) is 0 Å². The molecule has 124 valence electrons. The number of rotatable bonds is 4. The highest BCUT2D eigenvalue weighted by molar-refractivity contribution is 6.04. The van der Waals surface area contributed by atoms with Gasteiger partial charge in [0.1, 0.15) is 0 Å². The number of hydrogen-bond acceptors (Lipinski definition) is 4. The molecule has 3 rings (SSSR count). The number of benzene rings is 1. The van der Waals surface area contributed by atoms with Gasteiger partial charge in [0, 0.05) is 31.4 Å². The highest BCUT2D eigenvalue weighted by Gasteiger charge is 2.19. The van der Waals surface area contributed by atoms with Crippen molar-refractivity contribution in [2.45, 2.75) is 6.43 Å². The van der Waals surface area contributed by atoms with E-state index in [1.165, 1.54) is 17.9 Å². The van der Waals surface area contributed by atoms with Crippen molar-refractivity contribution >= 4 is 11.6 Å². The normalized spacial score (nSPS) is 11.0. The number of halogens is 2. The number of aromatic nitrogens is 5. The van der Waals surface area contributed by atoms with Crippen LogP contribution in [0.5, 0.6) is 0 Å². The van der Waals surface area contributed by atoms with Crippen LogP contribution in [-0.2, 0) is 14.1 Å². The molecule has 7 nitrogen and oxygen atoms in total. The lowest BCUT2D eigenvalue weighted by Crippen LogP contribution is -2.12. The largest absolute Gasteiger partial charge is 0.319 e. The second kappa shape index (κ2) is 6.19. The Kier molecular flexibility index (Phi) is 4.07. The monoisotopic (exact) mass is 332 g/mol. The van der Waals surface area contributed by atoms with E-state index in [0.29, 0.717) is 5.56 Å². The maximum absolute atomic E-state index is 12.9. The van der Waals surface area contributed by atoms with Crippen LogP contribution in [0.25, 0.3) is 11.3 Å². The van der Waals surface area contributed by atoms with E-state index < -0.39 is 18.0 Å². The standard InChI is InChI=1S/C15H14F2N6O/c1-22-8-11(13(20-22)14(16)17)19-15(24)10-5-3-9(4-6-10)12-7-18-21-23(12)2/h3-8,14H,1-2H3,(H,19,24). The zero-order valence-corrected chi connectivity index (χ0v) is 12.9. The number of nitrogens with one attached hydrogen (secondary N) is 1. The minimum absolute atomic E-state index is 0.00240. The third kappa shape index (κ3) is 3.00. The lowest BCUT2D eigenvalue weighted by molar-refractivity contribution is 0.102. The summed E-state index contributed by atoms with van der Waals surface area (Å²) in [7, 11) is 3.27. The smallest absolute Gasteiger partial charge is 0.284 e. The van der Waals surface area contributed by atoms with Crippen LogP contribution in [0.3, 0.4) is 0 Å². The molecule has 9 heteroatoms. The Hall–Kier alpha value is -3.10. The average Bonchev–Trinajstić information content (AvgIpc) is 3.13. The Balaban J connectivity index is 1.80. The Bertz CT molecular complexity index is 868.